The molecule has 1 amide bonds. The minimum atomic E-state index is -3.98. The number of rotatable bonds is 3. The highest BCUT2D eigenvalue weighted by molar-refractivity contribution is 7.88. The number of ether oxygens (including phenoxy) is 2. The van der Waals surface area contributed by atoms with Crippen LogP contribution in [0.2, 0.25) is 0 Å². The summed E-state index contributed by atoms with van der Waals surface area (Å²) < 4.78 is 40.1. The first-order chi connectivity index (χ1) is 12.4. The SMILES string of the molecule is CN1C(C(=O)NC2CCCC2)=CC(c2ccc3c(c2)OCO3)=NS1(=O)=O. The number of hydrogen-bond acceptors (Lipinski definition) is 5. The van der Waals surface area contributed by atoms with E-state index < -0.39 is 16.1 Å². The number of amides is 1. The number of fused-ring (bicyclic) bond motifs is 1. The Bertz CT molecular complexity index is 916. The van der Waals surface area contributed by atoms with E-state index in [1.54, 1.807) is 18.2 Å². The second kappa shape index (κ2) is 6.31. The lowest BCUT2D eigenvalue weighted by atomic mass is 10.1. The van der Waals surface area contributed by atoms with Crippen molar-refractivity contribution in [1.82, 2.24) is 9.62 Å². The summed E-state index contributed by atoms with van der Waals surface area (Å²) >= 11 is 0. The number of likely N-dealkylation sites (N-methyl/N-ethyl adjacent to an activating group) is 1. The molecule has 8 nitrogen and oxygen atoms in total. The Kier molecular flexibility index (Phi) is 4.10. The minimum Gasteiger partial charge on any atom is -0.454 e. The van der Waals surface area contributed by atoms with Crippen molar-refractivity contribution in [1.29, 1.82) is 0 Å². The molecule has 0 spiro atoms. The molecular formula is C17H19N3O5S. The summed E-state index contributed by atoms with van der Waals surface area (Å²) in [4.78, 5) is 12.6. The van der Waals surface area contributed by atoms with Gasteiger partial charge in [0.25, 0.3) is 5.91 Å². The molecule has 138 valence electrons. The fourth-order valence-electron chi connectivity index (χ4n) is 3.29. The molecule has 4 rings (SSSR count). The fourth-order valence-corrected chi connectivity index (χ4v) is 4.20. The van der Waals surface area contributed by atoms with Crippen LogP contribution in [0.25, 0.3) is 0 Å². The van der Waals surface area contributed by atoms with Crippen molar-refractivity contribution in [2.75, 3.05) is 13.8 Å². The van der Waals surface area contributed by atoms with Crippen LogP contribution in [0.1, 0.15) is 31.2 Å². The number of nitrogens with zero attached hydrogens (tertiary/aromatic N) is 2. The van der Waals surface area contributed by atoms with Crippen LogP contribution in [-0.4, -0.2) is 44.2 Å². The lowest BCUT2D eigenvalue weighted by Crippen LogP contribution is -2.41. The van der Waals surface area contributed by atoms with E-state index in [1.807, 2.05) is 0 Å². The third-order valence-corrected chi connectivity index (χ3v) is 6.08. The Morgan fingerprint density at radius 1 is 1.23 bits per heavy atom. The van der Waals surface area contributed by atoms with Crippen molar-refractivity contribution in [3.63, 3.8) is 0 Å². The quantitative estimate of drug-likeness (QED) is 0.857. The maximum atomic E-state index is 12.6. The molecule has 2 heterocycles. The van der Waals surface area contributed by atoms with Gasteiger partial charge in [-0.1, -0.05) is 12.8 Å². The molecule has 0 bridgehead atoms. The number of nitrogens with one attached hydrogen (secondary N) is 1. The van der Waals surface area contributed by atoms with Crippen LogP contribution < -0.4 is 14.8 Å². The number of carbonyl (C=O) groups excluding carboxylic acids is 1. The summed E-state index contributed by atoms with van der Waals surface area (Å²) in [6, 6.07) is 5.13. The summed E-state index contributed by atoms with van der Waals surface area (Å²) in [7, 11) is -2.65. The topological polar surface area (TPSA) is 97.3 Å². The van der Waals surface area contributed by atoms with Gasteiger partial charge in [0.2, 0.25) is 6.79 Å². The standard InChI is InChI=1S/C17H19N3O5S/c1-20-14(17(21)18-12-4-2-3-5-12)9-13(19-26(20,22)23)11-6-7-15-16(8-11)25-10-24-15/h6-9,12H,2-5,10H2,1H3,(H,18,21). The van der Waals surface area contributed by atoms with Gasteiger partial charge in [0.1, 0.15) is 5.70 Å². The first-order valence-electron chi connectivity index (χ1n) is 8.45. The van der Waals surface area contributed by atoms with Crippen LogP contribution in [-0.2, 0) is 15.0 Å². The third-order valence-electron chi connectivity index (χ3n) is 4.76. The predicted molar refractivity (Wildman–Crippen MR) is 94.3 cm³/mol. The van der Waals surface area contributed by atoms with Crippen molar-refractivity contribution in [3.8, 4) is 11.5 Å². The largest absolute Gasteiger partial charge is 0.454 e. The summed E-state index contributed by atoms with van der Waals surface area (Å²) in [5, 5.41) is 2.92. The van der Waals surface area contributed by atoms with Gasteiger partial charge in [-0.15, -0.1) is 4.40 Å². The van der Waals surface area contributed by atoms with Gasteiger partial charge in [-0.25, -0.2) is 4.31 Å². The van der Waals surface area contributed by atoms with E-state index in [0.717, 1.165) is 30.0 Å². The van der Waals surface area contributed by atoms with Gasteiger partial charge in [0.05, 0.1) is 5.71 Å². The molecule has 0 unspecified atom stereocenters. The molecule has 1 fully saturated rings. The Labute approximate surface area is 151 Å². The Hall–Kier alpha value is -2.55. The van der Waals surface area contributed by atoms with Crippen LogP contribution in [0, 0.1) is 0 Å². The van der Waals surface area contributed by atoms with Crippen molar-refractivity contribution in [3.05, 3.63) is 35.5 Å². The highest BCUT2D eigenvalue weighted by Crippen LogP contribution is 2.33. The molecule has 1 aromatic rings. The lowest BCUT2D eigenvalue weighted by molar-refractivity contribution is -0.119. The zero-order chi connectivity index (χ0) is 18.3. The van der Waals surface area contributed by atoms with Gasteiger partial charge < -0.3 is 14.8 Å². The van der Waals surface area contributed by atoms with Crippen LogP contribution in [0.4, 0.5) is 0 Å². The fraction of sp³-hybridized carbons (Fsp3) is 0.412. The average molecular weight is 377 g/mol. The van der Waals surface area contributed by atoms with Gasteiger partial charge in [0, 0.05) is 18.7 Å². The van der Waals surface area contributed by atoms with Crippen molar-refractivity contribution in [2.45, 2.75) is 31.7 Å². The maximum absolute atomic E-state index is 12.6. The van der Waals surface area contributed by atoms with Gasteiger partial charge in [-0.3, -0.25) is 4.79 Å². The van der Waals surface area contributed by atoms with E-state index in [9.17, 15) is 13.2 Å². The number of hydrogen-bond donors (Lipinski definition) is 1. The van der Waals surface area contributed by atoms with E-state index >= 15 is 0 Å². The Morgan fingerprint density at radius 2 is 1.96 bits per heavy atom. The van der Waals surface area contributed by atoms with Crippen molar-refractivity contribution in [2.24, 2.45) is 4.40 Å². The molecule has 0 saturated heterocycles. The average Bonchev–Trinajstić information content (AvgIpc) is 3.27. The second-order valence-corrected chi connectivity index (χ2v) is 8.10. The van der Waals surface area contributed by atoms with Crippen LogP contribution >= 0.6 is 0 Å². The van der Waals surface area contributed by atoms with E-state index in [1.165, 1.54) is 13.1 Å². The number of carbonyl (C=O) groups is 1. The van der Waals surface area contributed by atoms with Crippen LogP contribution in [0.15, 0.2) is 34.4 Å². The summed E-state index contributed by atoms with van der Waals surface area (Å²) in [5.41, 5.74) is 0.787. The molecule has 9 heteroatoms. The van der Waals surface area contributed by atoms with Gasteiger partial charge >= 0.3 is 10.2 Å². The first kappa shape index (κ1) is 16.9. The van der Waals surface area contributed by atoms with Crippen molar-refractivity contribution < 1.29 is 22.7 Å². The van der Waals surface area contributed by atoms with Crippen molar-refractivity contribution >= 4 is 21.8 Å². The molecule has 0 atom stereocenters. The molecule has 1 saturated carbocycles. The molecule has 1 aromatic carbocycles. The Morgan fingerprint density at radius 3 is 2.73 bits per heavy atom. The zero-order valence-electron chi connectivity index (χ0n) is 14.3. The number of benzene rings is 1. The summed E-state index contributed by atoms with van der Waals surface area (Å²) in [6.45, 7) is 0.122. The second-order valence-electron chi connectivity index (χ2n) is 6.47. The molecule has 2 aliphatic heterocycles. The van der Waals surface area contributed by atoms with E-state index in [0.29, 0.717) is 17.1 Å². The van der Waals surface area contributed by atoms with Gasteiger partial charge in [0.15, 0.2) is 11.5 Å². The Balaban J connectivity index is 1.67. The smallest absolute Gasteiger partial charge is 0.345 e. The first-order valence-corrected chi connectivity index (χ1v) is 9.85. The molecule has 1 aliphatic carbocycles. The number of allylic oxidation sites excluding steroid dienone is 1. The minimum absolute atomic E-state index is 0.0552. The molecule has 3 aliphatic rings. The maximum Gasteiger partial charge on any atom is 0.345 e. The molecule has 26 heavy (non-hydrogen) atoms. The molecular weight excluding hydrogens is 358 g/mol. The summed E-state index contributed by atoms with van der Waals surface area (Å²) in [5.74, 6) is 0.705. The van der Waals surface area contributed by atoms with E-state index in [2.05, 4.69) is 9.71 Å². The highest BCUT2D eigenvalue weighted by Gasteiger charge is 2.31. The molecule has 0 radical (unpaired) electrons. The monoisotopic (exact) mass is 377 g/mol. The molecule has 0 aromatic heterocycles. The normalized spacial score (nSPS) is 21.3. The van der Waals surface area contributed by atoms with Crippen LogP contribution in [0.5, 0.6) is 11.5 Å². The van der Waals surface area contributed by atoms with E-state index in [-0.39, 0.29) is 24.2 Å². The zero-order valence-corrected chi connectivity index (χ0v) is 15.1. The summed E-state index contributed by atoms with van der Waals surface area (Å²) in [6.07, 6.45) is 5.46. The van der Waals surface area contributed by atoms with Crippen LogP contribution in [0.3, 0.4) is 0 Å². The predicted octanol–water partition coefficient (Wildman–Crippen LogP) is 1.34. The van der Waals surface area contributed by atoms with E-state index in [4.69, 9.17) is 9.47 Å². The van der Waals surface area contributed by atoms with Gasteiger partial charge in [-0.2, -0.15) is 8.42 Å². The highest BCUT2D eigenvalue weighted by atomic mass is 32.2. The van der Waals surface area contributed by atoms with Gasteiger partial charge in [-0.05, 0) is 37.1 Å². The molecule has 1 N–H and O–H groups in total. The lowest BCUT2D eigenvalue weighted by Gasteiger charge is -2.24. The third kappa shape index (κ3) is 3.03.